The fraction of sp³-hybridized carbons (Fsp3) is 0.462. The molecule has 0 aromatic heterocycles. The van der Waals surface area contributed by atoms with Gasteiger partial charge in [0.05, 0.1) is 18.6 Å². The predicted molar refractivity (Wildman–Crippen MR) is 60.1 cm³/mol. The molecule has 0 saturated heterocycles. The van der Waals surface area contributed by atoms with Crippen molar-refractivity contribution in [2.45, 2.75) is 26.4 Å². The van der Waals surface area contributed by atoms with Crippen LogP contribution in [0.4, 0.5) is 0 Å². The molecule has 0 radical (unpaired) electrons. The summed E-state index contributed by atoms with van der Waals surface area (Å²) < 4.78 is 5.51. The molecule has 0 amide bonds. The van der Waals surface area contributed by atoms with Crippen molar-refractivity contribution in [1.82, 2.24) is 0 Å². The average Bonchev–Trinajstić information content (AvgIpc) is 3.02. The largest absolute Gasteiger partial charge is 0.481 e. The molecule has 1 aromatic rings. The fourth-order valence-corrected chi connectivity index (χ4v) is 1.70. The molecule has 3 heteroatoms. The normalized spacial score (nSPS) is 17.1. The maximum absolute atomic E-state index is 10.9. The molecule has 1 aliphatic rings. The first-order valence-corrected chi connectivity index (χ1v) is 5.50. The Morgan fingerprint density at radius 3 is 2.69 bits per heavy atom. The predicted octanol–water partition coefficient (Wildman–Crippen LogP) is 2.38. The number of benzene rings is 1. The number of rotatable bonds is 5. The van der Waals surface area contributed by atoms with E-state index in [4.69, 9.17) is 9.84 Å². The molecular formula is C13H16O3. The van der Waals surface area contributed by atoms with Gasteiger partial charge >= 0.3 is 5.97 Å². The fourth-order valence-electron chi connectivity index (χ4n) is 1.70. The molecule has 1 aliphatic carbocycles. The Kier molecular flexibility index (Phi) is 2.97. The lowest BCUT2D eigenvalue weighted by Gasteiger charge is -2.11. The van der Waals surface area contributed by atoms with E-state index in [-0.39, 0.29) is 0 Å². The smallest absolute Gasteiger partial charge is 0.311 e. The summed E-state index contributed by atoms with van der Waals surface area (Å²) in [6, 6.07) is 7.99. The molecule has 3 nitrogen and oxygen atoms in total. The van der Waals surface area contributed by atoms with Gasteiger partial charge in [-0.3, -0.25) is 4.79 Å². The molecule has 0 unspecified atom stereocenters. The Hall–Kier alpha value is -1.35. The van der Waals surface area contributed by atoms with E-state index >= 15 is 0 Å². The number of aliphatic carboxylic acids is 1. The van der Waals surface area contributed by atoms with Gasteiger partial charge < -0.3 is 9.84 Å². The van der Waals surface area contributed by atoms with Crippen molar-refractivity contribution in [3.63, 3.8) is 0 Å². The van der Waals surface area contributed by atoms with Gasteiger partial charge in [-0.25, -0.2) is 0 Å². The van der Waals surface area contributed by atoms with Crippen LogP contribution in [0, 0.1) is 12.3 Å². The van der Waals surface area contributed by atoms with Crippen LogP contribution in [0.2, 0.25) is 0 Å². The molecule has 1 fully saturated rings. The molecule has 86 valence electrons. The molecule has 0 bridgehead atoms. The van der Waals surface area contributed by atoms with E-state index in [1.165, 1.54) is 5.56 Å². The number of hydrogen-bond acceptors (Lipinski definition) is 2. The Morgan fingerprint density at radius 2 is 2.12 bits per heavy atom. The van der Waals surface area contributed by atoms with E-state index in [0.717, 1.165) is 18.4 Å². The van der Waals surface area contributed by atoms with Gasteiger partial charge in [0.1, 0.15) is 0 Å². The Labute approximate surface area is 95.0 Å². The molecule has 0 heterocycles. The number of carbonyl (C=O) groups is 1. The second kappa shape index (κ2) is 4.26. The van der Waals surface area contributed by atoms with Gasteiger partial charge in [-0.05, 0) is 30.9 Å². The van der Waals surface area contributed by atoms with Gasteiger partial charge in [0, 0.05) is 0 Å². The lowest BCUT2D eigenvalue weighted by atomic mass is 10.1. The minimum absolute atomic E-state index is 0.330. The second-order valence-corrected chi connectivity index (χ2v) is 4.50. The third-order valence-electron chi connectivity index (χ3n) is 3.20. The SMILES string of the molecule is Cc1ccccc1COCC1(C(=O)O)CC1. The zero-order chi connectivity index (χ0) is 11.6. The van der Waals surface area contributed by atoms with E-state index in [1.807, 2.05) is 31.2 Å². The third kappa shape index (κ3) is 2.25. The van der Waals surface area contributed by atoms with Crippen LogP contribution in [0.25, 0.3) is 0 Å². The van der Waals surface area contributed by atoms with Crippen molar-refractivity contribution in [1.29, 1.82) is 0 Å². The van der Waals surface area contributed by atoms with Gasteiger partial charge in [0.25, 0.3) is 0 Å². The molecule has 2 rings (SSSR count). The second-order valence-electron chi connectivity index (χ2n) is 4.50. The number of aryl methyl sites for hydroxylation is 1. The summed E-state index contributed by atoms with van der Waals surface area (Å²) in [5.74, 6) is -0.725. The Bertz CT molecular complexity index is 394. The molecule has 1 aromatic carbocycles. The van der Waals surface area contributed by atoms with Crippen LogP contribution in [-0.2, 0) is 16.1 Å². The van der Waals surface area contributed by atoms with Crippen molar-refractivity contribution in [2.24, 2.45) is 5.41 Å². The quantitative estimate of drug-likeness (QED) is 0.828. The number of carboxylic acid groups (broad SMARTS) is 1. The summed E-state index contributed by atoms with van der Waals surface area (Å²) in [6.45, 7) is 2.86. The monoisotopic (exact) mass is 220 g/mol. The van der Waals surface area contributed by atoms with E-state index in [1.54, 1.807) is 0 Å². The highest BCUT2D eigenvalue weighted by Crippen LogP contribution is 2.46. The first-order valence-electron chi connectivity index (χ1n) is 5.50. The minimum atomic E-state index is -0.725. The molecule has 0 spiro atoms. The van der Waals surface area contributed by atoms with Crippen LogP contribution >= 0.6 is 0 Å². The zero-order valence-electron chi connectivity index (χ0n) is 9.40. The van der Waals surface area contributed by atoms with E-state index < -0.39 is 11.4 Å². The van der Waals surface area contributed by atoms with E-state index in [0.29, 0.717) is 13.2 Å². The summed E-state index contributed by atoms with van der Waals surface area (Å²) >= 11 is 0. The summed E-state index contributed by atoms with van der Waals surface area (Å²) in [7, 11) is 0. The van der Waals surface area contributed by atoms with Gasteiger partial charge in [0.15, 0.2) is 0 Å². The topological polar surface area (TPSA) is 46.5 Å². The zero-order valence-corrected chi connectivity index (χ0v) is 9.40. The van der Waals surface area contributed by atoms with E-state index in [2.05, 4.69) is 0 Å². The molecular weight excluding hydrogens is 204 g/mol. The summed E-state index contributed by atoms with van der Waals surface area (Å²) in [5.41, 5.74) is 1.73. The van der Waals surface area contributed by atoms with Crippen molar-refractivity contribution in [3.8, 4) is 0 Å². The highest BCUT2D eigenvalue weighted by Gasteiger charge is 2.50. The maximum atomic E-state index is 10.9. The first-order chi connectivity index (χ1) is 7.64. The van der Waals surface area contributed by atoms with Crippen molar-refractivity contribution in [2.75, 3.05) is 6.61 Å². The maximum Gasteiger partial charge on any atom is 0.311 e. The van der Waals surface area contributed by atoms with Crippen molar-refractivity contribution >= 4 is 5.97 Å². The minimum Gasteiger partial charge on any atom is -0.481 e. The highest BCUT2D eigenvalue weighted by atomic mass is 16.5. The summed E-state index contributed by atoms with van der Waals surface area (Å²) in [4.78, 5) is 10.9. The first kappa shape index (κ1) is 11.1. The third-order valence-corrected chi connectivity index (χ3v) is 3.20. The Morgan fingerprint density at radius 1 is 1.44 bits per heavy atom. The van der Waals surface area contributed by atoms with Crippen LogP contribution in [0.5, 0.6) is 0 Å². The molecule has 1 N–H and O–H groups in total. The average molecular weight is 220 g/mol. The van der Waals surface area contributed by atoms with Crippen molar-refractivity contribution < 1.29 is 14.6 Å². The standard InChI is InChI=1S/C13H16O3/c1-10-4-2-3-5-11(10)8-16-9-13(6-7-13)12(14)15/h2-5H,6-9H2,1H3,(H,14,15). The van der Waals surface area contributed by atoms with E-state index in [9.17, 15) is 4.79 Å². The number of ether oxygens (including phenoxy) is 1. The summed E-state index contributed by atoms with van der Waals surface area (Å²) in [5, 5.41) is 8.98. The molecule has 1 saturated carbocycles. The van der Waals surface area contributed by atoms with Gasteiger partial charge in [0.2, 0.25) is 0 Å². The van der Waals surface area contributed by atoms with Crippen LogP contribution in [0.3, 0.4) is 0 Å². The number of hydrogen-bond donors (Lipinski definition) is 1. The van der Waals surface area contributed by atoms with Crippen LogP contribution < -0.4 is 0 Å². The van der Waals surface area contributed by atoms with Gasteiger partial charge in [-0.1, -0.05) is 24.3 Å². The van der Waals surface area contributed by atoms with Crippen LogP contribution in [-0.4, -0.2) is 17.7 Å². The number of carboxylic acids is 1. The lowest BCUT2D eigenvalue weighted by molar-refractivity contribution is -0.146. The highest BCUT2D eigenvalue weighted by molar-refractivity contribution is 5.77. The molecule has 0 atom stereocenters. The van der Waals surface area contributed by atoms with Crippen LogP contribution in [0.15, 0.2) is 24.3 Å². The van der Waals surface area contributed by atoms with Crippen molar-refractivity contribution in [3.05, 3.63) is 35.4 Å². The lowest BCUT2D eigenvalue weighted by Crippen LogP contribution is -2.21. The Balaban J connectivity index is 1.85. The molecule has 16 heavy (non-hydrogen) atoms. The van der Waals surface area contributed by atoms with Crippen LogP contribution in [0.1, 0.15) is 24.0 Å². The molecule has 0 aliphatic heterocycles. The van der Waals surface area contributed by atoms with Gasteiger partial charge in [-0.2, -0.15) is 0 Å². The van der Waals surface area contributed by atoms with Gasteiger partial charge in [-0.15, -0.1) is 0 Å². The summed E-state index contributed by atoms with van der Waals surface area (Å²) in [6.07, 6.45) is 1.49.